The monoisotopic (exact) mass is 205 g/mol. The van der Waals surface area contributed by atoms with Crippen LogP contribution in [0.25, 0.3) is 0 Å². The van der Waals surface area contributed by atoms with Crippen molar-refractivity contribution in [3.05, 3.63) is 23.0 Å². The Labute approximate surface area is 91.5 Å². The normalized spacial score (nSPS) is 15.4. The Bertz CT molecular complexity index is 360. The molecule has 1 aromatic rings. The fourth-order valence-electron chi connectivity index (χ4n) is 2.17. The second-order valence-electron chi connectivity index (χ2n) is 4.06. The summed E-state index contributed by atoms with van der Waals surface area (Å²) in [5, 5.41) is 3.43. The Morgan fingerprint density at radius 3 is 2.87 bits per heavy atom. The highest BCUT2D eigenvalue weighted by molar-refractivity contribution is 5.58. The molecule has 15 heavy (non-hydrogen) atoms. The van der Waals surface area contributed by atoms with Crippen molar-refractivity contribution in [1.29, 1.82) is 0 Å². The minimum Gasteiger partial charge on any atom is -0.384 e. The first-order valence-electron chi connectivity index (χ1n) is 5.69. The predicted molar refractivity (Wildman–Crippen MR) is 62.9 cm³/mol. The number of aromatic nitrogens is 1. The second kappa shape index (κ2) is 4.19. The topological polar surface area (TPSA) is 28.2 Å². The van der Waals surface area contributed by atoms with Crippen LogP contribution in [-0.4, -0.2) is 23.0 Å². The van der Waals surface area contributed by atoms with Gasteiger partial charge in [0.2, 0.25) is 0 Å². The zero-order chi connectivity index (χ0) is 10.8. The van der Waals surface area contributed by atoms with Crippen LogP contribution in [0.5, 0.6) is 0 Å². The maximum Gasteiger partial charge on any atom is 0.0607 e. The van der Waals surface area contributed by atoms with E-state index in [4.69, 9.17) is 0 Å². The summed E-state index contributed by atoms with van der Waals surface area (Å²) in [7, 11) is 0. The van der Waals surface area contributed by atoms with Crippen molar-refractivity contribution in [1.82, 2.24) is 9.88 Å². The van der Waals surface area contributed by atoms with Crippen LogP contribution in [0.4, 0.5) is 5.69 Å². The lowest BCUT2D eigenvalue weighted by molar-refractivity contribution is 0.301. The molecule has 1 N–H and O–H groups in total. The molecule has 0 radical (unpaired) electrons. The standard InChI is InChI=1S/C12H19N3/c1-4-13-12-9(3)14-6-10-7-15(5-2)8-11(10)12/h6,13H,4-5,7-8H2,1-3H3. The molecule has 0 bridgehead atoms. The van der Waals surface area contributed by atoms with Crippen molar-refractivity contribution in [2.45, 2.75) is 33.9 Å². The van der Waals surface area contributed by atoms with Crippen molar-refractivity contribution in [2.75, 3.05) is 18.4 Å². The van der Waals surface area contributed by atoms with E-state index in [2.05, 4.69) is 36.0 Å². The lowest BCUT2D eigenvalue weighted by atomic mass is 10.1. The van der Waals surface area contributed by atoms with Crippen molar-refractivity contribution in [3.8, 4) is 0 Å². The smallest absolute Gasteiger partial charge is 0.0607 e. The highest BCUT2D eigenvalue weighted by atomic mass is 15.1. The van der Waals surface area contributed by atoms with E-state index >= 15 is 0 Å². The molecule has 1 aromatic heterocycles. The fraction of sp³-hybridized carbons (Fsp3) is 0.583. The van der Waals surface area contributed by atoms with Crippen LogP contribution in [0.3, 0.4) is 0 Å². The third-order valence-electron chi connectivity index (χ3n) is 3.04. The number of hydrogen-bond acceptors (Lipinski definition) is 3. The SMILES string of the molecule is CCNc1c(C)ncc2c1CN(CC)C2. The maximum absolute atomic E-state index is 4.45. The van der Waals surface area contributed by atoms with Gasteiger partial charge in [-0.2, -0.15) is 0 Å². The Hall–Kier alpha value is -1.09. The van der Waals surface area contributed by atoms with E-state index in [9.17, 15) is 0 Å². The number of nitrogens with zero attached hydrogens (tertiary/aromatic N) is 2. The van der Waals surface area contributed by atoms with Crippen LogP contribution in [0.2, 0.25) is 0 Å². The summed E-state index contributed by atoms with van der Waals surface area (Å²) in [6, 6.07) is 0. The van der Waals surface area contributed by atoms with Crippen LogP contribution in [0.1, 0.15) is 30.7 Å². The van der Waals surface area contributed by atoms with Crippen molar-refractivity contribution in [3.63, 3.8) is 0 Å². The van der Waals surface area contributed by atoms with Gasteiger partial charge in [0, 0.05) is 25.8 Å². The van der Waals surface area contributed by atoms with E-state index in [1.807, 2.05) is 6.20 Å². The Balaban J connectivity index is 2.36. The molecule has 0 aromatic carbocycles. The van der Waals surface area contributed by atoms with E-state index in [0.717, 1.165) is 31.9 Å². The number of rotatable bonds is 3. The number of fused-ring (bicyclic) bond motifs is 1. The van der Waals surface area contributed by atoms with Crippen LogP contribution >= 0.6 is 0 Å². The zero-order valence-corrected chi connectivity index (χ0v) is 9.80. The van der Waals surface area contributed by atoms with Crippen LogP contribution in [0, 0.1) is 6.92 Å². The predicted octanol–water partition coefficient (Wildman–Crippen LogP) is 2.16. The first-order valence-corrected chi connectivity index (χ1v) is 5.69. The van der Waals surface area contributed by atoms with Crippen LogP contribution in [0.15, 0.2) is 6.20 Å². The molecule has 2 heterocycles. The van der Waals surface area contributed by atoms with E-state index in [1.54, 1.807) is 0 Å². The molecule has 1 aliphatic rings. The summed E-state index contributed by atoms with van der Waals surface area (Å²) in [4.78, 5) is 6.89. The van der Waals surface area contributed by atoms with Gasteiger partial charge in [-0.25, -0.2) is 0 Å². The van der Waals surface area contributed by atoms with Gasteiger partial charge in [-0.15, -0.1) is 0 Å². The first-order chi connectivity index (χ1) is 7.26. The molecule has 0 saturated heterocycles. The molecular formula is C12H19N3. The average molecular weight is 205 g/mol. The van der Waals surface area contributed by atoms with Gasteiger partial charge in [-0.3, -0.25) is 9.88 Å². The molecule has 0 spiro atoms. The largest absolute Gasteiger partial charge is 0.384 e. The third-order valence-corrected chi connectivity index (χ3v) is 3.04. The molecule has 3 nitrogen and oxygen atoms in total. The maximum atomic E-state index is 4.45. The van der Waals surface area contributed by atoms with Gasteiger partial charge in [0.05, 0.1) is 11.4 Å². The molecule has 3 heteroatoms. The molecule has 82 valence electrons. The van der Waals surface area contributed by atoms with Crippen LogP contribution < -0.4 is 5.32 Å². The van der Waals surface area contributed by atoms with Gasteiger partial charge in [0.1, 0.15) is 0 Å². The van der Waals surface area contributed by atoms with E-state index in [0.29, 0.717) is 0 Å². The van der Waals surface area contributed by atoms with Gasteiger partial charge in [-0.05, 0) is 31.5 Å². The first kappa shape index (κ1) is 10.4. The molecule has 0 atom stereocenters. The summed E-state index contributed by atoms with van der Waals surface area (Å²) in [6.45, 7) is 10.6. The molecule has 0 amide bonds. The Morgan fingerprint density at radius 1 is 1.40 bits per heavy atom. The summed E-state index contributed by atoms with van der Waals surface area (Å²) < 4.78 is 0. The molecule has 1 aliphatic heterocycles. The third kappa shape index (κ3) is 1.84. The Morgan fingerprint density at radius 2 is 2.20 bits per heavy atom. The Kier molecular flexibility index (Phi) is 2.91. The lowest BCUT2D eigenvalue weighted by Gasteiger charge is -2.12. The number of nitrogens with one attached hydrogen (secondary N) is 1. The highest BCUT2D eigenvalue weighted by Gasteiger charge is 2.21. The number of aryl methyl sites for hydroxylation is 1. The van der Waals surface area contributed by atoms with Gasteiger partial charge >= 0.3 is 0 Å². The minimum atomic E-state index is 0.963. The number of anilines is 1. The van der Waals surface area contributed by atoms with Gasteiger partial charge in [0.15, 0.2) is 0 Å². The molecule has 0 unspecified atom stereocenters. The second-order valence-corrected chi connectivity index (χ2v) is 4.06. The summed E-state index contributed by atoms with van der Waals surface area (Å²) >= 11 is 0. The van der Waals surface area contributed by atoms with Crippen molar-refractivity contribution in [2.24, 2.45) is 0 Å². The fourth-order valence-corrected chi connectivity index (χ4v) is 2.17. The molecule has 2 rings (SSSR count). The summed E-state index contributed by atoms with van der Waals surface area (Å²) in [6.07, 6.45) is 2.03. The zero-order valence-electron chi connectivity index (χ0n) is 9.80. The van der Waals surface area contributed by atoms with E-state index in [-0.39, 0.29) is 0 Å². The van der Waals surface area contributed by atoms with Crippen LogP contribution in [-0.2, 0) is 13.1 Å². The average Bonchev–Trinajstić information content (AvgIpc) is 2.66. The van der Waals surface area contributed by atoms with Gasteiger partial charge in [0.25, 0.3) is 0 Å². The summed E-state index contributed by atoms with van der Waals surface area (Å²) in [5.74, 6) is 0. The molecular weight excluding hydrogens is 186 g/mol. The van der Waals surface area contributed by atoms with Crippen molar-refractivity contribution < 1.29 is 0 Å². The minimum absolute atomic E-state index is 0.963. The highest BCUT2D eigenvalue weighted by Crippen LogP contribution is 2.30. The van der Waals surface area contributed by atoms with Crippen molar-refractivity contribution >= 4 is 5.69 Å². The van der Waals surface area contributed by atoms with E-state index in [1.165, 1.54) is 16.8 Å². The van der Waals surface area contributed by atoms with Gasteiger partial charge in [-0.1, -0.05) is 6.92 Å². The number of pyridine rings is 1. The van der Waals surface area contributed by atoms with Gasteiger partial charge < -0.3 is 5.32 Å². The molecule has 0 saturated carbocycles. The quantitative estimate of drug-likeness (QED) is 0.819. The van der Waals surface area contributed by atoms with E-state index < -0.39 is 0 Å². The summed E-state index contributed by atoms with van der Waals surface area (Å²) in [5.41, 5.74) is 5.21. The number of hydrogen-bond donors (Lipinski definition) is 1. The molecule has 0 fully saturated rings. The molecule has 0 aliphatic carbocycles. The lowest BCUT2D eigenvalue weighted by Crippen LogP contribution is -2.15.